The van der Waals surface area contributed by atoms with E-state index in [4.69, 9.17) is 4.99 Å². The molecule has 0 saturated carbocycles. The summed E-state index contributed by atoms with van der Waals surface area (Å²) >= 11 is 1.85. The van der Waals surface area contributed by atoms with E-state index in [1.165, 1.54) is 34.4 Å². The van der Waals surface area contributed by atoms with Crippen LogP contribution in [0.5, 0.6) is 0 Å². The maximum atomic E-state index is 11.6. The fourth-order valence-corrected chi connectivity index (χ4v) is 5.49. The van der Waals surface area contributed by atoms with Gasteiger partial charge in [-0.1, -0.05) is 30.3 Å². The number of aliphatic imine (C=N–C) groups is 1. The molecule has 1 fully saturated rings. The van der Waals surface area contributed by atoms with Gasteiger partial charge in [-0.2, -0.15) is 0 Å². The number of amides is 1. The second-order valence-corrected chi connectivity index (χ2v) is 7.88. The van der Waals surface area contributed by atoms with E-state index in [1.807, 2.05) is 11.3 Å². The van der Waals surface area contributed by atoms with E-state index < -0.39 is 0 Å². The number of hydrogen-bond donors (Lipinski definition) is 1. The molecule has 3 heterocycles. The first-order valence-electron chi connectivity index (χ1n) is 8.60. The molecule has 1 aromatic heterocycles. The molecule has 122 valence electrons. The Kier molecular flexibility index (Phi) is 3.23. The number of fused-ring (bicyclic) bond motifs is 4. The molecule has 2 aromatic rings. The number of guanidine groups is 1. The first-order valence-corrected chi connectivity index (χ1v) is 9.41. The number of carbonyl (C=O) groups is 1. The average molecular weight is 337 g/mol. The Morgan fingerprint density at radius 3 is 2.96 bits per heavy atom. The largest absolute Gasteiger partial charge is 0.329 e. The summed E-state index contributed by atoms with van der Waals surface area (Å²) in [6.07, 6.45) is 4.79. The van der Waals surface area contributed by atoms with E-state index in [-0.39, 0.29) is 5.91 Å². The quantitative estimate of drug-likeness (QED) is 0.913. The van der Waals surface area contributed by atoms with Gasteiger partial charge < -0.3 is 4.90 Å². The predicted octanol–water partition coefficient (Wildman–Crippen LogP) is 3.34. The third-order valence-corrected chi connectivity index (χ3v) is 6.57. The first-order chi connectivity index (χ1) is 11.8. The molecule has 1 atom stereocenters. The zero-order chi connectivity index (χ0) is 16.1. The zero-order valence-corrected chi connectivity index (χ0v) is 14.2. The van der Waals surface area contributed by atoms with Crippen LogP contribution in [0.15, 0.2) is 35.3 Å². The lowest BCUT2D eigenvalue weighted by Crippen LogP contribution is -2.32. The summed E-state index contributed by atoms with van der Waals surface area (Å²) in [5, 5.41) is 3.99. The first kappa shape index (κ1) is 14.2. The van der Waals surface area contributed by atoms with Crippen molar-refractivity contribution in [2.75, 3.05) is 6.54 Å². The van der Waals surface area contributed by atoms with E-state index in [0.717, 1.165) is 30.3 Å². The van der Waals surface area contributed by atoms with Gasteiger partial charge in [0.25, 0.3) is 0 Å². The topological polar surface area (TPSA) is 44.7 Å². The second-order valence-electron chi connectivity index (χ2n) is 6.85. The maximum absolute atomic E-state index is 11.6. The van der Waals surface area contributed by atoms with E-state index >= 15 is 0 Å². The van der Waals surface area contributed by atoms with Gasteiger partial charge in [-0.25, -0.2) is 4.99 Å². The number of thiophene rings is 1. The molecule has 5 heteroatoms. The molecule has 1 N–H and O–H groups in total. The van der Waals surface area contributed by atoms with Gasteiger partial charge in [0, 0.05) is 17.0 Å². The highest BCUT2D eigenvalue weighted by atomic mass is 32.1. The minimum atomic E-state index is 0.0553. The molecule has 3 aliphatic rings. The third-order valence-electron chi connectivity index (χ3n) is 5.24. The Bertz CT molecular complexity index is 840. The third kappa shape index (κ3) is 2.26. The Hall–Kier alpha value is -2.14. The van der Waals surface area contributed by atoms with Crippen molar-refractivity contribution in [3.63, 3.8) is 0 Å². The van der Waals surface area contributed by atoms with Crippen molar-refractivity contribution in [2.45, 2.75) is 38.1 Å². The average Bonchev–Trinajstić information content (AvgIpc) is 3.13. The van der Waals surface area contributed by atoms with Crippen molar-refractivity contribution >= 4 is 28.2 Å². The maximum Gasteiger partial charge on any atom is 0.246 e. The van der Waals surface area contributed by atoms with Crippen LogP contribution in [0, 0.1) is 0 Å². The standard InChI is InChI=1S/C19H19N3OS/c23-16-11-22-10-15-14-8-4-7-13(9-12-5-2-1-3-6-12)17(14)24-18(15)21-19(22)20-16/h1-3,5-6,13H,4,7-11H2,(H,20,21,23). The summed E-state index contributed by atoms with van der Waals surface area (Å²) in [4.78, 5) is 19.9. The summed E-state index contributed by atoms with van der Waals surface area (Å²) in [6, 6.07) is 10.8. The second kappa shape index (κ2) is 5.45. The van der Waals surface area contributed by atoms with Gasteiger partial charge in [-0.3, -0.25) is 10.1 Å². The highest BCUT2D eigenvalue weighted by molar-refractivity contribution is 7.16. The van der Waals surface area contributed by atoms with Gasteiger partial charge in [0.05, 0.1) is 0 Å². The van der Waals surface area contributed by atoms with Gasteiger partial charge in [-0.15, -0.1) is 11.3 Å². The molecule has 5 rings (SSSR count). The van der Waals surface area contributed by atoms with Crippen LogP contribution in [0.25, 0.3) is 0 Å². The molecular formula is C19H19N3OS. The molecule has 1 saturated heterocycles. The molecule has 1 unspecified atom stereocenters. The summed E-state index contributed by atoms with van der Waals surface area (Å²) in [5.74, 6) is 1.40. The number of benzene rings is 1. The van der Waals surface area contributed by atoms with E-state index in [0.29, 0.717) is 12.5 Å². The molecule has 1 aliphatic carbocycles. The van der Waals surface area contributed by atoms with Crippen molar-refractivity contribution in [1.82, 2.24) is 10.2 Å². The molecule has 0 spiro atoms. The SMILES string of the molecule is O=C1CN2Cc3c(sc4c3CCCC4Cc3ccccc3)N=C2N1. The van der Waals surface area contributed by atoms with E-state index in [9.17, 15) is 4.79 Å². The fourth-order valence-electron chi connectivity index (χ4n) is 4.12. The smallest absolute Gasteiger partial charge is 0.246 e. The van der Waals surface area contributed by atoms with Crippen LogP contribution >= 0.6 is 11.3 Å². The summed E-state index contributed by atoms with van der Waals surface area (Å²) in [6.45, 7) is 1.27. The highest BCUT2D eigenvalue weighted by Crippen LogP contribution is 2.47. The van der Waals surface area contributed by atoms with Crippen molar-refractivity contribution < 1.29 is 4.79 Å². The molecule has 24 heavy (non-hydrogen) atoms. The van der Waals surface area contributed by atoms with Crippen LogP contribution in [-0.2, 0) is 24.2 Å². The Morgan fingerprint density at radius 1 is 1.21 bits per heavy atom. The molecular weight excluding hydrogens is 318 g/mol. The van der Waals surface area contributed by atoms with Gasteiger partial charge in [-0.05, 0) is 42.7 Å². The number of hydrogen-bond acceptors (Lipinski definition) is 4. The van der Waals surface area contributed by atoms with Gasteiger partial charge >= 0.3 is 0 Å². The van der Waals surface area contributed by atoms with Crippen LogP contribution in [0.3, 0.4) is 0 Å². The molecule has 4 nitrogen and oxygen atoms in total. The Balaban J connectivity index is 1.50. The van der Waals surface area contributed by atoms with Crippen molar-refractivity contribution in [3.8, 4) is 0 Å². The minimum absolute atomic E-state index is 0.0553. The number of rotatable bonds is 2. The highest BCUT2D eigenvalue weighted by Gasteiger charge is 2.34. The summed E-state index contributed by atoms with van der Waals surface area (Å²) in [5.41, 5.74) is 4.30. The van der Waals surface area contributed by atoms with Crippen molar-refractivity contribution in [2.24, 2.45) is 4.99 Å². The van der Waals surface area contributed by atoms with Crippen LogP contribution in [0.4, 0.5) is 5.00 Å². The lowest BCUT2D eigenvalue weighted by molar-refractivity contribution is -0.118. The van der Waals surface area contributed by atoms with Crippen LogP contribution in [0.1, 0.15) is 40.3 Å². The Labute approximate surface area is 145 Å². The number of nitrogens with one attached hydrogen (secondary N) is 1. The fraction of sp³-hybridized carbons (Fsp3) is 0.368. The Morgan fingerprint density at radius 2 is 2.08 bits per heavy atom. The molecule has 1 amide bonds. The molecule has 0 radical (unpaired) electrons. The summed E-state index contributed by atoms with van der Waals surface area (Å²) < 4.78 is 0. The predicted molar refractivity (Wildman–Crippen MR) is 95.8 cm³/mol. The number of carbonyl (C=O) groups excluding carboxylic acids is 1. The van der Waals surface area contributed by atoms with Gasteiger partial charge in [0.2, 0.25) is 11.9 Å². The van der Waals surface area contributed by atoms with E-state index in [1.54, 1.807) is 0 Å². The monoisotopic (exact) mass is 337 g/mol. The lowest BCUT2D eigenvalue weighted by atomic mass is 9.83. The van der Waals surface area contributed by atoms with E-state index in [2.05, 4.69) is 40.5 Å². The van der Waals surface area contributed by atoms with Gasteiger partial charge in [0.15, 0.2) is 0 Å². The van der Waals surface area contributed by atoms with Crippen molar-refractivity contribution in [1.29, 1.82) is 0 Å². The summed E-state index contributed by atoms with van der Waals surface area (Å²) in [7, 11) is 0. The normalized spacial score (nSPS) is 21.7. The zero-order valence-electron chi connectivity index (χ0n) is 13.4. The number of nitrogens with zero attached hydrogens (tertiary/aromatic N) is 2. The molecule has 0 bridgehead atoms. The molecule has 1 aromatic carbocycles. The lowest BCUT2D eigenvalue weighted by Gasteiger charge is -2.25. The molecule has 2 aliphatic heterocycles. The van der Waals surface area contributed by atoms with Crippen LogP contribution < -0.4 is 5.32 Å². The van der Waals surface area contributed by atoms with Crippen LogP contribution in [-0.4, -0.2) is 23.3 Å². The van der Waals surface area contributed by atoms with Gasteiger partial charge in [0.1, 0.15) is 11.5 Å². The van der Waals surface area contributed by atoms with Crippen LogP contribution in [0.2, 0.25) is 0 Å². The van der Waals surface area contributed by atoms with Crippen molar-refractivity contribution in [3.05, 3.63) is 51.9 Å². The minimum Gasteiger partial charge on any atom is -0.329 e.